The molecule has 0 unspecified atom stereocenters. The summed E-state index contributed by atoms with van der Waals surface area (Å²) in [7, 11) is 1.68. The van der Waals surface area contributed by atoms with Gasteiger partial charge in [0.05, 0.1) is 19.2 Å². The molecule has 0 aliphatic heterocycles. The summed E-state index contributed by atoms with van der Waals surface area (Å²) < 4.78 is 7.86. The molecular formula is C26H27NO2. The molecule has 3 nitrogen and oxygen atoms in total. The van der Waals surface area contributed by atoms with Gasteiger partial charge in [0.1, 0.15) is 5.75 Å². The van der Waals surface area contributed by atoms with Crippen molar-refractivity contribution in [3.8, 4) is 22.8 Å². The summed E-state index contributed by atoms with van der Waals surface area (Å²) in [6.07, 6.45) is 3.50. The second kappa shape index (κ2) is 8.44. The summed E-state index contributed by atoms with van der Waals surface area (Å²) in [6, 6.07) is 24.7. The van der Waals surface area contributed by atoms with Crippen LogP contribution in [0.15, 0.2) is 72.8 Å². The summed E-state index contributed by atoms with van der Waals surface area (Å²) in [6.45, 7) is 2.91. The molecule has 1 aromatic heterocycles. The number of aryl methyl sites for hydroxylation is 1. The van der Waals surface area contributed by atoms with Gasteiger partial charge in [-0.3, -0.25) is 0 Å². The fourth-order valence-electron chi connectivity index (χ4n) is 3.97. The van der Waals surface area contributed by atoms with Crippen LogP contribution in [0.2, 0.25) is 0 Å². The molecule has 0 amide bonds. The highest BCUT2D eigenvalue weighted by Gasteiger charge is 2.17. The highest BCUT2D eigenvalue weighted by Crippen LogP contribution is 2.39. The maximum absolute atomic E-state index is 10.5. The molecule has 148 valence electrons. The molecule has 4 aromatic rings. The van der Waals surface area contributed by atoms with Crippen molar-refractivity contribution in [2.75, 3.05) is 7.11 Å². The van der Waals surface area contributed by atoms with Gasteiger partial charge in [-0.05, 0) is 41.7 Å². The largest absolute Gasteiger partial charge is 0.507 e. The van der Waals surface area contributed by atoms with E-state index < -0.39 is 0 Å². The normalized spacial score (nSPS) is 11.1. The molecule has 0 aliphatic rings. The van der Waals surface area contributed by atoms with Gasteiger partial charge in [0.25, 0.3) is 0 Å². The van der Waals surface area contributed by atoms with Crippen LogP contribution in [-0.2, 0) is 13.0 Å². The quantitative estimate of drug-likeness (QED) is 0.399. The van der Waals surface area contributed by atoms with Gasteiger partial charge in [-0.2, -0.15) is 0 Å². The Morgan fingerprint density at radius 1 is 0.897 bits per heavy atom. The molecule has 29 heavy (non-hydrogen) atoms. The zero-order chi connectivity index (χ0) is 20.2. The Kier molecular flexibility index (Phi) is 5.57. The first-order chi connectivity index (χ1) is 14.2. The number of hydrogen-bond acceptors (Lipinski definition) is 2. The van der Waals surface area contributed by atoms with Gasteiger partial charge < -0.3 is 14.4 Å². The number of aromatic hydroxyl groups is 1. The third kappa shape index (κ3) is 3.86. The number of methoxy groups -OCH3 is 1. The second-order valence-electron chi connectivity index (χ2n) is 7.46. The van der Waals surface area contributed by atoms with Crippen LogP contribution in [0.3, 0.4) is 0 Å². The molecule has 0 aliphatic carbocycles. The van der Waals surface area contributed by atoms with E-state index in [1.807, 2.05) is 30.3 Å². The molecule has 0 radical (unpaired) electrons. The minimum absolute atomic E-state index is 0.272. The summed E-state index contributed by atoms with van der Waals surface area (Å²) in [5.41, 5.74) is 5.80. The molecule has 0 saturated heterocycles. The number of hydrogen-bond donors (Lipinski definition) is 1. The van der Waals surface area contributed by atoms with Gasteiger partial charge in [-0.25, -0.2) is 0 Å². The van der Waals surface area contributed by atoms with Crippen LogP contribution < -0.4 is 4.74 Å². The number of fused-ring (bicyclic) bond motifs is 1. The van der Waals surface area contributed by atoms with Crippen molar-refractivity contribution >= 4 is 10.9 Å². The van der Waals surface area contributed by atoms with Crippen LogP contribution in [0, 0.1) is 0 Å². The topological polar surface area (TPSA) is 34.4 Å². The molecule has 0 spiro atoms. The molecule has 0 bridgehead atoms. The molecule has 3 heteroatoms. The minimum Gasteiger partial charge on any atom is -0.507 e. The van der Waals surface area contributed by atoms with Crippen LogP contribution >= 0.6 is 0 Å². The lowest BCUT2D eigenvalue weighted by molar-refractivity contribution is 0.380. The SMILES string of the molecule is CCCCc1cccc(Cn2c(OC)cc3c(O)ccc(-c4ccccc4)c32)c1. The van der Waals surface area contributed by atoms with Crippen LogP contribution in [0.1, 0.15) is 30.9 Å². The zero-order valence-corrected chi connectivity index (χ0v) is 17.1. The van der Waals surface area contributed by atoms with Crippen molar-refractivity contribution in [3.63, 3.8) is 0 Å². The Morgan fingerprint density at radius 2 is 1.69 bits per heavy atom. The third-order valence-corrected chi connectivity index (χ3v) is 5.44. The number of ether oxygens (including phenoxy) is 1. The highest BCUT2D eigenvalue weighted by atomic mass is 16.5. The van der Waals surface area contributed by atoms with E-state index in [-0.39, 0.29) is 5.75 Å². The van der Waals surface area contributed by atoms with E-state index in [0.717, 1.165) is 34.3 Å². The van der Waals surface area contributed by atoms with Crippen LogP contribution in [-0.4, -0.2) is 16.8 Å². The van der Waals surface area contributed by atoms with E-state index >= 15 is 0 Å². The Hall–Kier alpha value is -3.20. The Morgan fingerprint density at radius 3 is 2.45 bits per heavy atom. The van der Waals surface area contributed by atoms with E-state index in [2.05, 4.69) is 47.9 Å². The fraction of sp³-hybridized carbons (Fsp3) is 0.231. The zero-order valence-electron chi connectivity index (χ0n) is 17.1. The smallest absolute Gasteiger partial charge is 0.194 e. The van der Waals surface area contributed by atoms with Crippen molar-refractivity contribution in [2.24, 2.45) is 0 Å². The van der Waals surface area contributed by atoms with E-state index in [9.17, 15) is 5.11 Å². The number of phenolic OH excluding ortho intramolecular Hbond substituents is 1. The summed E-state index contributed by atoms with van der Waals surface area (Å²) in [5, 5.41) is 11.3. The molecule has 1 N–H and O–H groups in total. The van der Waals surface area contributed by atoms with E-state index in [1.165, 1.54) is 24.0 Å². The van der Waals surface area contributed by atoms with Crippen molar-refractivity contribution in [1.29, 1.82) is 0 Å². The van der Waals surface area contributed by atoms with Gasteiger partial charge in [-0.15, -0.1) is 0 Å². The van der Waals surface area contributed by atoms with Crippen LogP contribution in [0.25, 0.3) is 22.0 Å². The van der Waals surface area contributed by atoms with E-state index in [0.29, 0.717) is 6.54 Å². The molecule has 4 rings (SSSR count). The summed E-state index contributed by atoms with van der Waals surface area (Å²) >= 11 is 0. The minimum atomic E-state index is 0.272. The molecule has 0 fully saturated rings. The van der Waals surface area contributed by atoms with E-state index in [1.54, 1.807) is 13.2 Å². The Balaban J connectivity index is 1.84. The molecule has 0 saturated carbocycles. The number of phenols is 1. The average molecular weight is 386 g/mol. The molecular weight excluding hydrogens is 358 g/mol. The molecule has 0 atom stereocenters. The lowest BCUT2D eigenvalue weighted by atomic mass is 10.0. The van der Waals surface area contributed by atoms with Gasteiger partial charge in [0, 0.05) is 17.0 Å². The van der Waals surface area contributed by atoms with E-state index in [4.69, 9.17) is 4.74 Å². The summed E-state index contributed by atoms with van der Waals surface area (Å²) in [4.78, 5) is 0. The van der Waals surface area contributed by atoms with Crippen molar-refractivity contribution in [1.82, 2.24) is 4.57 Å². The molecule has 3 aromatic carbocycles. The fourth-order valence-corrected chi connectivity index (χ4v) is 3.97. The van der Waals surface area contributed by atoms with Gasteiger partial charge >= 0.3 is 0 Å². The van der Waals surface area contributed by atoms with Crippen molar-refractivity contribution < 1.29 is 9.84 Å². The third-order valence-electron chi connectivity index (χ3n) is 5.44. The number of aromatic nitrogens is 1. The lowest BCUT2D eigenvalue weighted by Gasteiger charge is -2.14. The first-order valence-corrected chi connectivity index (χ1v) is 10.2. The lowest BCUT2D eigenvalue weighted by Crippen LogP contribution is -2.03. The van der Waals surface area contributed by atoms with Crippen molar-refractivity contribution in [2.45, 2.75) is 32.7 Å². The molecule has 1 heterocycles. The van der Waals surface area contributed by atoms with Gasteiger partial charge in [-0.1, -0.05) is 67.9 Å². The van der Waals surface area contributed by atoms with Gasteiger partial charge in [0.15, 0.2) is 5.88 Å². The predicted molar refractivity (Wildman–Crippen MR) is 120 cm³/mol. The first-order valence-electron chi connectivity index (χ1n) is 10.2. The van der Waals surface area contributed by atoms with Gasteiger partial charge in [0.2, 0.25) is 0 Å². The average Bonchev–Trinajstić information content (AvgIpc) is 3.13. The number of benzene rings is 3. The van der Waals surface area contributed by atoms with Crippen LogP contribution in [0.4, 0.5) is 0 Å². The first kappa shape index (κ1) is 19.1. The number of rotatable bonds is 7. The van der Waals surface area contributed by atoms with Crippen molar-refractivity contribution in [3.05, 3.63) is 83.9 Å². The second-order valence-corrected chi connectivity index (χ2v) is 7.46. The van der Waals surface area contributed by atoms with Crippen LogP contribution in [0.5, 0.6) is 11.6 Å². The predicted octanol–water partition coefficient (Wildman–Crippen LogP) is 6.41. The summed E-state index contributed by atoms with van der Waals surface area (Å²) in [5.74, 6) is 1.02. The standard InChI is InChI=1S/C26H27NO2/c1-3-4-9-19-10-8-11-20(16-19)18-27-25(29-2)17-23-24(28)15-14-22(26(23)27)21-12-6-5-7-13-21/h5-8,10-17,28H,3-4,9,18H2,1-2H3. The monoisotopic (exact) mass is 385 g/mol. The number of unbranched alkanes of at least 4 members (excludes halogenated alkanes) is 1. The maximum atomic E-state index is 10.5. The highest BCUT2D eigenvalue weighted by molar-refractivity contribution is 5.99. The Labute approximate surface area is 172 Å². The maximum Gasteiger partial charge on any atom is 0.194 e. The number of nitrogens with zero attached hydrogens (tertiary/aromatic N) is 1. The Bertz CT molecular complexity index is 1110.